The van der Waals surface area contributed by atoms with E-state index in [2.05, 4.69) is 17.1 Å². The number of aromatic nitrogens is 3. The fraction of sp³-hybridized carbons (Fsp3) is 0.167. The van der Waals surface area contributed by atoms with Crippen LogP contribution < -0.4 is 0 Å². The lowest BCUT2D eigenvalue weighted by Crippen LogP contribution is -2.06. The van der Waals surface area contributed by atoms with Gasteiger partial charge >= 0.3 is 0 Å². The topological polar surface area (TPSA) is 33.6 Å². The van der Waals surface area contributed by atoms with Gasteiger partial charge in [0.2, 0.25) is 0 Å². The maximum absolute atomic E-state index is 6.01. The van der Waals surface area contributed by atoms with E-state index in [1.165, 1.54) is 4.88 Å². The first-order chi connectivity index (χ1) is 9.16. The average Bonchev–Trinajstić information content (AvgIpc) is 3.07. The Labute approximate surface area is 128 Å². The van der Waals surface area contributed by atoms with Crippen molar-refractivity contribution in [3.8, 4) is 10.7 Å². The summed E-state index contributed by atoms with van der Waals surface area (Å²) in [5, 5.41) is 9.25. The average molecular weight is 328 g/mol. The molecule has 1 N–H and O–H groups in total. The van der Waals surface area contributed by atoms with Gasteiger partial charge in [-0.3, -0.25) is 9.67 Å². The first-order valence-electron chi connectivity index (χ1n) is 5.63. The van der Waals surface area contributed by atoms with E-state index in [-0.39, 0.29) is 6.04 Å². The van der Waals surface area contributed by atoms with Crippen molar-refractivity contribution in [1.29, 1.82) is 0 Å². The van der Waals surface area contributed by atoms with Gasteiger partial charge in [0, 0.05) is 4.88 Å². The van der Waals surface area contributed by atoms with Gasteiger partial charge < -0.3 is 0 Å². The van der Waals surface area contributed by atoms with Crippen molar-refractivity contribution >= 4 is 46.5 Å². The van der Waals surface area contributed by atoms with Gasteiger partial charge in [-0.2, -0.15) is 5.10 Å². The molecule has 0 aliphatic rings. The standard InChI is InChI=1S/C12H10ClN3S3/c1-7(8-4-5-10(13)19-8)16-11(14-15-12(16)17)9-3-2-6-18-9/h2-7H,1H3,(H,15,17). The molecule has 3 heterocycles. The summed E-state index contributed by atoms with van der Waals surface area (Å²) in [7, 11) is 0. The predicted octanol–water partition coefficient (Wildman–Crippen LogP) is 4.99. The van der Waals surface area contributed by atoms with Gasteiger partial charge in [-0.15, -0.1) is 22.7 Å². The maximum atomic E-state index is 6.01. The van der Waals surface area contributed by atoms with Crippen molar-refractivity contribution in [2.45, 2.75) is 13.0 Å². The Morgan fingerprint density at radius 3 is 2.89 bits per heavy atom. The third-order valence-electron chi connectivity index (χ3n) is 2.84. The molecule has 0 aromatic carbocycles. The Kier molecular flexibility index (Phi) is 3.58. The highest BCUT2D eigenvalue weighted by Gasteiger charge is 2.18. The first-order valence-corrected chi connectivity index (χ1v) is 8.11. The summed E-state index contributed by atoms with van der Waals surface area (Å²) in [5.41, 5.74) is 0. The molecule has 0 fully saturated rings. The van der Waals surface area contributed by atoms with E-state index in [4.69, 9.17) is 23.8 Å². The molecule has 0 spiro atoms. The molecule has 0 radical (unpaired) electrons. The summed E-state index contributed by atoms with van der Waals surface area (Å²) in [6.45, 7) is 2.10. The normalized spacial score (nSPS) is 12.7. The summed E-state index contributed by atoms with van der Waals surface area (Å²) in [4.78, 5) is 2.27. The molecule has 0 saturated carbocycles. The highest BCUT2D eigenvalue weighted by molar-refractivity contribution is 7.71. The maximum Gasteiger partial charge on any atom is 0.196 e. The Morgan fingerprint density at radius 2 is 2.26 bits per heavy atom. The first kappa shape index (κ1) is 13.1. The Hall–Kier alpha value is -0.950. The van der Waals surface area contributed by atoms with Gasteiger partial charge in [0.15, 0.2) is 10.6 Å². The van der Waals surface area contributed by atoms with E-state index in [0.717, 1.165) is 15.0 Å². The smallest absolute Gasteiger partial charge is 0.196 e. The highest BCUT2D eigenvalue weighted by atomic mass is 35.5. The zero-order valence-electron chi connectivity index (χ0n) is 9.96. The van der Waals surface area contributed by atoms with Crippen LogP contribution in [0.15, 0.2) is 29.6 Å². The second kappa shape index (κ2) is 5.20. The number of halogens is 1. The van der Waals surface area contributed by atoms with E-state index in [0.29, 0.717) is 4.77 Å². The van der Waals surface area contributed by atoms with Crippen LogP contribution in [-0.4, -0.2) is 14.8 Å². The zero-order valence-corrected chi connectivity index (χ0v) is 13.2. The third-order valence-corrected chi connectivity index (χ3v) is 5.39. The molecule has 0 aliphatic carbocycles. The largest absolute Gasteiger partial charge is 0.291 e. The molecule has 1 atom stereocenters. The van der Waals surface area contributed by atoms with Gasteiger partial charge in [0.25, 0.3) is 0 Å². The van der Waals surface area contributed by atoms with Crippen LogP contribution in [-0.2, 0) is 0 Å². The molecule has 3 aromatic rings. The van der Waals surface area contributed by atoms with E-state index >= 15 is 0 Å². The van der Waals surface area contributed by atoms with E-state index in [1.807, 2.05) is 34.2 Å². The van der Waals surface area contributed by atoms with Crippen LogP contribution >= 0.6 is 46.5 Å². The van der Waals surface area contributed by atoms with Gasteiger partial charge in [0.1, 0.15) is 0 Å². The second-order valence-corrected chi connectivity index (χ2v) is 7.10. The van der Waals surface area contributed by atoms with Gasteiger partial charge in [-0.05, 0) is 42.7 Å². The van der Waals surface area contributed by atoms with E-state index < -0.39 is 0 Å². The van der Waals surface area contributed by atoms with Crippen molar-refractivity contribution in [3.05, 3.63) is 43.6 Å². The van der Waals surface area contributed by atoms with Crippen LogP contribution in [0.4, 0.5) is 0 Å². The Bertz CT molecular complexity index is 738. The van der Waals surface area contributed by atoms with Crippen LogP contribution in [0.3, 0.4) is 0 Å². The molecular weight excluding hydrogens is 318 g/mol. The van der Waals surface area contributed by atoms with E-state index in [1.54, 1.807) is 22.7 Å². The number of hydrogen-bond donors (Lipinski definition) is 1. The fourth-order valence-corrected chi connectivity index (χ4v) is 4.03. The summed E-state index contributed by atoms with van der Waals surface area (Å²) in [5.74, 6) is 0.872. The molecule has 1 unspecified atom stereocenters. The summed E-state index contributed by atoms with van der Waals surface area (Å²) < 4.78 is 3.44. The molecule has 7 heteroatoms. The lowest BCUT2D eigenvalue weighted by atomic mass is 10.2. The number of H-pyrrole nitrogens is 1. The minimum absolute atomic E-state index is 0.112. The molecule has 0 bridgehead atoms. The summed E-state index contributed by atoms with van der Waals surface area (Å²) in [6.07, 6.45) is 0. The number of aromatic amines is 1. The van der Waals surface area contributed by atoms with Crippen LogP contribution in [0.5, 0.6) is 0 Å². The second-order valence-electron chi connectivity index (χ2n) is 4.02. The number of thiophene rings is 2. The van der Waals surface area contributed by atoms with E-state index in [9.17, 15) is 0 Å². The lowest BCUT2D eigenvalue weighted by molar-refractivity contribution is 0.647. The number of rotatable bonds is 3. The molecule has 0 amide bonds. The lowest BCUT2D eigenvalue weighted by Gasteiger charge is -2.13. The summed E-state index contributed by atoms with van der Waals surface area (Å²) in [6, 6.07) is 8.10. The third kappa shape index (κ3) is 2.41. The number of hydrogen-bond acceptors (Lipinski definition) is 4. The summed E-state index contributed by atoms with van der Waals surface area (Å²) >= 11 is 14.6. The number of nitrogens with zero attached hydrogens (tertiary/aromatic N) is 2. The van der Waals surface area contributed by atoms with Gasteiger partial charge in [0.05, 0.1) is 15.3 Å². The molecular formula is C12H10ClN3S3. The molecule has 3 rings (SSSR count). The molecule has 19 heavy (non-hydrogen) atoms. The van der Waals surface area contributed by atoms with Crippen molar-refractivity contribution in [1.82, 2.24) is 14.8 Å². The minimum atomic E-state index is 0.112. The predicted molar refractivity (Wildman–Crippen MR) is 83.9 cm³/mol. The van der Waals surface area contributed by atoms with Crippen LogP contribution in [0.2, 0.25) is 4.34 Å². The SMILES string of the molecule is CC(c1ccc(Cl)s1)n1c(-c2cccs2)n[nH]c1=S. The van der Waals surface area contributed by atoms with Crippen molar-refractivity contribution in [2.75, 3.05) is 0 Å². The minimum Gasteiger partial charge on any atom is -0.291 e. The number of nitrogens with one attached hydrogen (secondary N) is 1. The molecule has 3 aromatic heterocycles. The zero-order chi connectivity index (χ0) is 13.4. The molecule has 98 valence electrons. The Morgan fingerprint density at radius 1 is 1.42 bits per heavy atom. The van der Waals surface area contributed by atoms with Crippen LogP contribution in [0.1, 0.15) is 17.8 Å². The highest BCUT2D eigenvalue weighted by Crippen LogP contribution is 2.32. The van der Waals surface area contributed by atoms with Crippen LogP contribution in [0.25, 0.3) is 10.7 Å². The monoisotopic (exact) mass is 327 g/mol. The van der Waals surface area contributed by atoms with Crippen LogP contribution in [0, 0.1) is 4.77 Å². The quantitative estimate of drug-likeness (QED) is 0.687. The van der Waals surface area contributed by atoms with Crippen molar-refractivity contribution < 1.29 is 0 Å². The van der Waals surface area contributed by atoms with Gasteiger partial charge in [-0.25, -0.2) is 0 Å². The molecule has 0 aliphatic heterocycles. The Balaban J connectivity index is 2.10. The molecule has 3 nitrogen and oxygen atoms in total. The van der Waals surface area contributed by atoms with Crippen molar-refractivity contribution in [3.63, 3.8) is 0 Å². The van der Waals surface area contributed by atoms with Crippen molar-refractivity contribution in [2.24, 2.45) is 0 Å². The molecule has 0 saturated heterocycles. The van der Waals surface area contributed by atoms with Gasteiger partial charge in [-0.1, -0.05) is 17.7 Å². The fourth-order valence-electron chi connectivity index (χ4n) is 1.92.